The summed E-state index contributed by atoms with van der Waals surface area (Å²) in [5.41, 5.74) is 3.65. The lowest BCUT2D eigenvalue weighted by Crippen LogP contribution is -2.00. The third-order valence-electron chi connectivity index (χ3n) is 3.19. The van der Waals surface area contributed by atoms with Gasteiger partial charge in [-0.15, -0.1) is 11.3 Å². The number of carbonyl (C=O) groups excluding carboxylic acids is 1. The summed E-state index contributed by atoms with van der Waals surface area (Å²) in [6, 6.07) is 12.0. The molecule has 0 aliphatic heterocycles. The van der Waals surface area contributed by atoms with E-state index in [0.717, 1.165) is 16.7 Å². The van der Waals surface area contributed by atoms with Crippen molar-refractivity contribution < 1.29 is 4.79 Å². The Kier molecular flexibility index (Phi) is 3.90. The third-order valence-corrected chi connectivity index (χ3v) is 4.43. The summed E-state index contributed by atoms with van der Waals surface area (Å²) >= 11 is 7.38. The number of thiophene rings is 1. The van der Waals surface area contributed by atoms with Gasteiger partial charge in [0.05, 0.1) is 21.3 Å². The predicted octanol–water partition coefficient (Wildman–Crippen LogP) is 4.43. The van der Waals surface area contributed by atoms with Gasteiger partial charge in [0.15, 0.2) is 6.29 Å². The van der Waals surface area contributed by atoms with E-state index in [1.54, 1.807) is 10.9 Å². The lowest BCUT2D eigenvalue weighted by Gasteiger charge is -2.02. The van der Waals surface area contributed by atoms with Gasteiger partial charge in [0.1, 0.15) is 5.69 Å². The monoisotopic (exact) mass is 316 g/mol. The topological polar surface area (TPSA) is 34.9 Å². The van der Waals surface area contributed by atoms with Crippen LogP contribution in [0.25, 0.3) is 10.6 Å². The Bertz CT molecular complexity index is 774. The maximum Gasteiger partial charge on any atom is 0.153 e. The Hall–Kier alpha value is -1.91. The van der Waals surface area contributed by atoms with E-state index >= 15 is 0 Å². The fourth-order valence-corrected chi connectivity index (χ4v) is 3.17. The van der Waals surface area contributed by atoms with Gasteiger partial charge in [-0.1, -0.05) is 41.4 Å². The zero-order chi connectivity index (χ0) is 14.8. The van der Waals surface area contributed by atoms with Gasteiger partial charge in [0, 0.05) is 6.20 Å². The maximum absolute atomic E-state index is 11.2. The molecule has 0 fully saturated rings. The van der Waals surface area contributed by atoms with Crippen LogP contribution in [0.15, 0.2) is 42.6 Å². The lowest BCUT2D eigenvalue weighted by atomic mass is 10.1. The molecule has 3 aromatic rings. The zero-order valence-corrected chi connectivity index (χ0v) is 13.0. The molecule has 0 saturated carbocycles. The van der Waals surface area contributed by atoms with Crippen molar-refractivity contribution in [1.82, 2.24) is 9.78 Å². The molecule has 0 amide bonds. The zero-order valence-electron chi connectivity index (χ0n) is 11.4. The molecular formula is C16H13ClN2OS. The molecule has 0 bridgehead atoms. The Balaban J connectivity index is 1.92. The predicted molar refractivity (Wildman–Crippen MR) is 86.2 cm³/mol. The largest absolute Gasteiger partial charge is 0.298 e. The first-order valence-electron chi connectivity index (χ1n) is 6.49. The van der Waals surface area contributed by atoms with E-state index in [4.69, 9.17) is 11.6 Å². The van der Waals surface area contributed by atoms with Gasteiger partial charge < -0.3 is 0 Å². The Morgan fingerprint density at radius 2 is 2.00 bits per heavy atom. The van der Waals surface area contributed by atoms with E-state index in [9.17, 15) is 4.79 Å². The summed E-state index contributed by atoms with van der Waals surface area (Å²) in [6.45, 7) is 2.70. The summed E-state index contributed by atoms with van der Waals surface area (Å²) in [7, 11) is 0. The van der Waals surface area contributed by atoms with E-state index in [2.05, 4.69) is 36.3 Å². The number of nitrogens with zero attached hydrogens (tertiary/aromatic N) is 2. The smallest absolute Gasteiger partial charge is 0.153 e. The van der Waals surface area contributed by atoms with Crippen molar-refractivity contribution in [3.63, 3.8) is 0 Å². The number of halogens is 1. The highest BCUT2D eigenvalue weighted by molar-refractivity contribution is 7.19. The van der Waals surface area contributed by atoms with Gasteiger partial charge in [-0.25, -0.2) is 0 Å². The Morgan fingerprint density at radius 3 is 2.62 bits per heavy atom. The van der Waals surface area contributed by atoms with Crippen LogP contribution in [0.5, 0.6) is 0 Å². The standard InChI is InChI=1S/C16H13ClN2OS/c1-11-2-4-12(5-3-11)8-19-9-13(10-20)16(18-19)14-6-7-15(17)21-14/h2-7,9-10H,8H2,1H3. The molecule has 3 rings (SSSR count). The number of aromatic nitrogens is 2. The highest BCUT2D eigenvalue weighted by Gasteiger charge is 2.12. The van der Waals surface area contributed by atoms with Crippen LogP contribution in [0.2, 0.25) is 4.34 Å². The van der Waals surface area contributed by atoms with Crippen molar-refractivity contribution in [2.24, 2.45) is 0 Å². The van der Waals surface area contributed by atoms with Crippen molar-refractivity contribution in [3.8, 4) is 10.6 Å². The molecule has 106 valence electrons. The minimum absolute atomic E-state index is 0.584. The average molecular weight is 317 g/mol. The number of hydrogen-bond donors (Lipinski definition) is 0. The summed E-state index contributed by atoms with van der Waals surface area (Å²) in [5.74, 6) is 0. The van der Waals surface area contributed by atoms with Crippen LogP contribution < -0.4 is 0 Å². The van der Waals surface area contributed by atoms with Crippen LogP contribution in [0.4, 0.5) is 0 Å². The number of aldehydes is 1. The molecule has 0 atom stereocenters. The number of carbonyl (C=O) groups is 1. The Morgan fingerprint density at radius 1 is 1.24 bits per heavy atom. The van der Waals surface area contributed by atoms with E-state index in [1.165, 1.54) is 16.9 Å². The second-order valence-electron chi connectivity index (χ2n) is 4.84. The van der Waals surface area contributed by atoms with Crippen molar-refractivity contribution in [2.45, 2.75) is 13.5 Å². The number of benzene rings is 1. The van der Waals surface area contributed by atoms with Crippen molar-refractivity contribution in [2.75, 3.05) is 0 Å². The van der Waals surface area contributed by atoms with Crippen molar-refractivity contribution in [1.29, 1.82) is 0 Å². The van der Waals surface area contributed by atoms with Crippen LogP contribution >= 0.6 is 22.9 Å². The first-order valence-corrected chi connectivity index (χ1v) is 7.69. The lowest BCUT2D eigenvalue weighted by molar-refractivity contribution is 0.112. The molecule has 0 radical (unpaired) electrons. The molecule has 2 heterocycles. The van der Waals surface area contributed by atoms with Gasteiger partial charge in [0.2, 0.25) is 0 Å². The van der Waals surface area contributed by atoms with Crippen LogP contribution in [0.3, 0.4) is 0 Å². The van der Waals surface area contributed by atoms with Crippen molar-refractivity contribution in [3.05, 3.63) is 63.6 Å². The van der Waals surface area contributed by atoms with Crippen LogP contribution in [0, 0.1) is 6.92 Å². The minimum Gasteiger partial charge on any atom is -0.298 e. The molecule has 1 aromatic carbocycles. The summed E-state index contributed by atoms with van der Waals surface area (Å²) in [4.78, 5) is 12.1. The van der Waals surface area contributed by atoms with E-state index in [-0.39, 0.29) is 0 Å². The molecule has 0 aliphatic rings. The molecule has 0 unspecified atom stereocenters. The first kappa shape index (κ1) is 14.0. The molecular weight excluding hydrogens is 304 g/mol. The van der Waals surface area contributed by atoms with Gasteiger partial charge in [0.25, 0.3) is 0 Å². The number of aryl methyl sites for hydroxylation is 1. The van der Waals surface area contributed by atoms with E-state index in [1.807, 2.05) is 12.1 Å². The van der Waals surface area contributed by atoms with Gasteiger partial charge >= 0.3 is 0 Å². The van der Waals surface area contributed by atoms with Crippen molar-refractivity contribution >= 4 is 29.2 Å². The second kappa shape index (κ2) is 5.84. The normalized spacial score (nSPS) is 10.8. The van der Waals surface area contributed by atoms with E-state index in [0.29, 0.717) is 22.1 Å². The fourth-order valence-electron chi connectivity index (χ4n) is 2.12. The first-order chi connectivity index (χ1) is 10.2. The van der Waals surface area contributed by atoms with Gasteiger partial charge in [-0.3, -0.25) is 9.48 Å². The minimum atomic E-state index is 0.584. The molecule has 0 N–H and O–H groups in total. The highest BCUT2D eigenvalue weighted by Crippen LogP contribution is 2.31. The molecule has 0 spiro atoms. The molecule has 5 heteroatoms. The molecule has 0 saturated heterocycles. The van der Waals surface area contributed by atoms with Crippen LogP contribution in [-0.2, 0) is 6.54 Å². The highest BCUT2D eigenvalue weighted by atomic mass is 35.5. The average Bonchev–Trinajstić information content (AvgIpc) is 3.07. The van der Waals surface area contributed by atoms with Crippen LogP contribution in [-0.4, -0.2) is 16.1 Å². The second-order valence-corrected chi connectivity index (χ2v) is 6.55. The summed E-state index contributed by atoms with van der Waals surface area (Å²) in [5, 5.41) is 4.52. The van der Waals surface area contributed by atoms with Gasteiger partial charge in [-0.05, 0) is 24.6 Å². The van der Waals surface area contributed by atoms with E-state index < -0.39 is 0 Å². The molecule has 2 aromatic heterocycles. The van der Waals surface area contributed by atoms with Crippen LogP contribution in [0.1, 0.15) is 21.5 Å². The molecule has 3 nitrogen and oxygen atoms in total. The molecule has 0 aliphatic carbocycles. The SMILES string of the molecule is Cc1ccc(Cn2cc(C=O)c(-c3ccc(Cl)s3)n2)cc1. The Labute approximate surface area is 131 Å². The quantitative estimate of drug-likeness (QED) is 0.667. The van der Waals surface area contributed by atoms with Gasteiger partial charge in [-0.2, -0.15) is 5.10 Å². The number of hydrogen-bond acceptors (Lipinski definition) is 3. The summed E-state index contributed by atoms with van der Waals surface area (Å²) < 4.78 is 2.48. The fraction of sp³-hybridized carbons (Fsp3) is 0.125. The maximum atomic E-state index is 11.2. The molecule has 21 heavy (non-hydrogen) atoms. The third kappa shape index (κ3) is 3.06. The summed E-state index contributed by atoms with van der Waals surface area (Å²) in [6.07, 6.45) is 2.61. The number of rotatable bonds is 4.